The van der Waals surface area contributed by atoms with Gasteiger partial charge in [0.1, 0.15) is 5.75 Å². The smallest absolute Gasteiger partial charge is 0.416 e. The second-order valence-corrected chi connectivity index (χ2v) is 4.81. The van der Waals surface area contributed by atoms with Crippen LogP contribution in [0.25, 0.3) is 0 Å². The van der Waals surface area contributed by atoms with Crippen molar-refractivity contribution in [2.24, 2.45) is 0 Å². The molecule has 0 saturated carbocycles. The second kappa shape index (κ2) is 4.92. The molecule has 0 aliphatic carbocycles. The molecule has 1 aromatic rings. The predicted octanol–water partition coefficient (Wildman–Crippen LogP) is 3.06. The lowest BCUT2D eigenvalue weighted by Gasteiger charge is -2.20. The van der Waals surface area contributed by atoms with Crippen LogP contribution in [-0.4, -0.2) is 24.9 Å². The van der Waals surface area contributed by atoms with Crippen molar-refractivity contribution in [1.29, 1.82) is 0 Å². The Bertz CT molecular complexity index is 504. The Balaban J connectivity index is 2.45. The summed E-state index contributed by atoms with van der Waals surface area (Å²) in [5.74, 6) is -0.0928. The average Bonchev–Trinajstić information content (AvgIpc) is 2.66. The van der Waals surface area contributed by atoms with Crippen LogP contribution in [-0.2, 0) is 11.0 Å². The molecule has 0 N–H and O–H groups in total. The van der Waals surface area contributed by atoms with E-state index in [1.54, 1.807) is 0 Å². The molecule has 2 rings (SSSR count). The summed E-state index contributed by atoms with van der Waals surface area (Å²) >= 11 is 5.85. The maximum Gasteiger partial charge on any atom is 0.416 e. The van der Waals surface area contributed by atoms with Gasteiger partial charge < -0.3 is 9.64 Å². The first-order valence-electron chi connectivity index (χ1n) is 5.52. The number of carbonyl (C=O) groups is 1. The summed E-state index contributed by atoms with van der Waals surface area (Å²) in [7, 11) is 1.34. The summed E-state index contributed by atoms with van der Waals surface area (Å²) in [5, 5.41) is -0.397. The largest absolute Gasteiger partial charge is 0.495 e. The van der Waals surface area contributed by atoms with E-state index in [0.717, 1.165) is 12.1 Å². The van der Waals surface area contributed by atoms with Gasteiger partial charge in [0.2, 0.25) is 5.91 Å². The molecule has 0 radical (unpaired) electrons. The Morgan fingerprint density at radius 2 is 2.11 bits per heavy atom. The van der Waals surface area contributed by atoms with Gasteiger partial charge in [0.25, 0.3) is 0 Å². The van der Waals surface area contributed by atoms with Crippen molar-refractivity contribution in [1.82, 2.24) is 0 Å². The predicted molar refractivity (Wildman–Crippen MR) is 64.6 cm³/mol. The first-order valence-corrected chi connectivity index (χ1v) is 5.96. The summed E-state index contributed by atoms with van der Waals surface area (Å²) in [6.45, 7) is 0.179. The van der Waals surface area contributed by atoms with Gasteiger partial charge in [0.15, 0.2) is 0 Å². The number of ether oxygens (including phenoxy) is 1. The highest BCUT2D eigenvalue weighted by atomic mass is 35.5. The van der Waals surface area contributed by atoms with Crippen molar-refractivity contribution in [2.75, 3.05) is 18.6 Å². The van der Waals surface area contributed by atoms with E-state index in [9.17, 15) is 18.0 Å². The van der Waals surface area contributed by atoms with E-state index < -0.39 is 17.1 Å². The zero-order valence-electron chi connectivity index (χ0n) is 10.00. The Kier molecular flexibility index (Phi) is 3.62. The molecule has 1 amide bonds. The third-order valence-corrected chi connectivity index (χ3v) is 3.17. The molecule has 1 aromatic carbocycles. The van der Waals surface area contributed by atoms with Crippen LogP contribution in [0.15, 0.2) is 18.2 Å². The number of nitrogens with zero attached hydrogens (tertiary/aromatic N) is 1. The van der Waals surface area contributed by atoms with E-state index in [0.29, 0.717) is 0 Å². The summed E-state index contributed by atoms with van der Waals surface area (Å²) < 4.78 is 43.1. The molecule has 0 aromatic heterocycles. The Morgan fingerprint density at radius 1 is 1.42 bits per heavy atom. The van der Waals surface area contributed by atoms with Crippen LogP contribution in [0.4, 0.5) is 18.9 Å². The van der Waals surface area contributed by atoms with Gasteiger partial charge in [-0.2, -0.15) is 13.2 Å². The second-order valence-electron chi connectivity index (χ2n) is 4.19. The Labute approximate surface area is 112 Å². The quantitative estimate of drug-likeness (QED) is 0.784. The van der Waals surface area contributed by atoms with E-state index in [4.69, 9.17) is 16.3 Å². The van der Waals surface area contributed by atoms with Gasteiger partial charge in [-0.15, -0.1) is 11.6 Å². The van der Waals surface area contributed by atoms with Crippen molar-refractivity contribution in [3.8, 4) is 5.75 Å². The highest BCUT2D eigenvalue weighted by molar-refractivity contribution is 6.24. The SMILES string of the molecule is COc1ccc(C(F)(F)F)cc1N1CC(Cl)CC1=O. The minimum absolute atomic E-state index is 0.102. The molecule has 104 valence electrons. The molecule has 7 heteroatoms. The van der Waals surface area contributed by atoms with E-state index >= 15 is 0 Å². The number of carbonyl (C=O) groups excluding carboxylic acids is 1. The maximum absolute atomic E-state index is 12.7. The fourth-order valence-corrected chi connectivity index (χ4v) is 2.24. The van der Waals surface area contributed by atoms with Crippen LogP contribution >= 0.6 is 11.6 Å². The summed E-state index contributed by atoms with van der Waals surface area (Å²) in [5.41, 5.74) is -0.723. The zero-order valence-corrected chi connectivity index (χ0v) is 10.8. The van der Waals surface area contributed by atoms with Gasteiger partial charge in [-0.1, -0.05) is 0 Å². The van der Waals surface area contributed by atoms with Crippen LogP contribution < -0.4 is 9.64 Å². The van der Waals surface area contributed by atoms with Gasteiger partial charge in [-0.25, -0.2) is 0 Å². The number of hydrogen-bond acceptors (Lipinski definition) is 2. The number of anilines is 1. The van der Waals surface area contributed by atoms with Crippen molar-refractivity contribution >= 4 is 23.2 Å². The molecule has 1 heterocycles. The minimum Gasteiger partial charge on any atom is -0.495 e. The van der Waals surface area contributed by atoms with Gasteiger partial charge in [0, 0.05) is 13.0 Å². The average molecular weight is 294 g/mol. The van der Waals surface area contributed by atoms with Gasteiger partial charge >= 0.3 is 6.18 Å². The van der Waals surface area contributed by atoms with Crippen molar-refractivity contribution in [3.63, 3.8) is 0 Å². The molecule has 1 fully saturated rings. The third kappa shape index (κ3) is 2.78. The molecular formula is C12H11ClF3NO2. The number of halogens is 4. The molecule has 0 bridgehead atoms. The minimum atomic E-state index is -4.47. The topological polar surface area (TPSA) is 29.5 Å². The normalized spacial score (nSPS) is 19.9. The standard InChI is InChI=1S/C12H11ClF3NO2/c1-19-10-3-2-7(12(14,15)16)4-9(10)17-6-8(13)5-11(17)18/h2-4,8H,5-6H2,1H3. The third-order valence-electron chi connectivity index (χ3n) is 2.87. The van der Waals surface area contributed by atoms with Gasteiger partial charge in [-0.05, 0) is 18.2 Å². The Morgan fingerprint density at radius 3 is 2.58 bits per heavy atom. The molecule has 0 spiro atoms. The monoisotopic (exact) mass is 293 g/mol. The van der Waals surface area contributed by atoms with Crippen LogP contribution in [0.5, 0.6) is 5.75 Å². The maximum atomic E-state index is 12.7. The van der Waals surface area contributed by atoms with E-state index in [1.807, 2.05) is 0 Å². The molecule has 1 aliphatic heterocycles. The first kappa shape index (κ1) is 14.0. The van der Waals surface area contributed by atoms with E-state index in [1.165, 1.54) is 18.1 Å². The lowest BCUT2D eigenvalue weighted by Crippen LogP contribution is -2.25. The summed E-state index contributed by atoms with van der Waals surface area (Å²) in [6, 6.07) is 3.03. The number of methoxy groups -OCH3 is 1. The van der Waals surface area contributed by atoms with Crippen molar-refractivity contribution in [2.45, 2.75) is 18.0 Å². The van der Waals surface area contributed by atoms with Crippen LogP contribution in [0, 0.1) is 0 Å². The number of rotatable bonds is 2. The van der Waals surface area contributed by atoms with Gasteiger partial charge in [0.05, 0.1) is 23.7 Å². The highest BCUT2D eigenvalue weighted by Gasteiger charge is 2.35. The number of benzene rings is 1. The molecular weight excluding hydrogens is 283 g/mol. The lowest BCUT2D eigenvalue weighted by atomic mass is 10.1. The van der Waals surface area contributed by atoms with E-state index in [2.05, 4.69) is 0 Å². The summed E-state index contributed by atoms with van der Waals surface area (Å²) in [4.78, 5) is 12.9. The van der Waals surface area contributed by atoms with Gasteiger partial charge in [-0.3, -0.25) is 4.79 Å². The van der Waals surface area contributed by atoms with Crippen LogP contribution in [0.3, 0.4) is 0 Å². The number of amides is 1. The van der Waals surface area contributed by atoms with Crippen LogP contribution in [0.2, 0.25) is 0 Å². The lowest BCUT2D eigenvalue weighted by molar-refractivity contribution is -0.137. The highest BCUT2D eigenvalue weighted by Crippen LogP contribution is 2.38. The Hall–Kier alpha value is -1.43. The van der Waals surface area contributed by atoms with Crippen LogP contribution in [0.1, 0.15) is 12.0 Å². The molecule has 1 aliphatic rings. The number of alkyl halides is 4. The molecule has 1 atom stereocenters. The van der Waals surface area contributed by atoms with Crippen molar-refractivity contribution in [3.05, 3.63) is 23.8 Å². The fourth-order valence-electron chi connectivity index (χ4n) is 1.97. The molecule has 1 saturated heterocycles. The number of hydrogen-bond donors (Lipinski definition) is 0. The van der Waals surface area contributed by atoms with E-state index in [-0.39, 0.29) is 30.3 Å². The van der Waals surface area contributed by atoms with Crippen molar-refractivity contribution < 1.29 is 22.7 Å². The first-order chi connectivity index (χ1) is 8.82. The molecule has 1 unspecified atom stereocenters. The molecule has 3 nitrogen and oxygen atoms in total. The zero-order chi connectivity index (χ0) is 14.2. The summed E-state index contributed by atoms with van der Waals surface area (Å²) in [6.07, 6.45) is -4.36. The fraction of sp³-hybridized carbons (Fsp3) is 0.417. The molecule has 19 heavy (non-hydrogen) atoms.